The molecule has 1 aromatic carbocycles. The highest BCUT2D eigenvalue weighted by molar-refractivity contribution is 7.98. The first kappa shape index (κ1) is 12.5. The topological polar surface area (TPSA) is 52.6 Å². The third-order valence-corrected chi connectivity index (χ3v) is 4.18. The lowest BCUT2D eigenvalue weighted by Crippen LogP contribution is -2.10. The van der Waals surface area contributed by atoms with Crippen LogP contribution in [0.25, 0.3) is 0 Å². The van der Waals surface area contributed by atoms with Gasteiger partial charge in [-0.05, 0) is 31.2 Å². The largest absolute Gasteiger partial charge is 0.454 e. The molecule has 3 rings (SSSR count). The van der Waals surface area contributed by atoms with Crippen molar-refractivity contribution in [3.63, 3.8) is 0 Å². The Morgan fingerprint density at radius 3 is 2.79 bits per heavy atom. The molecule has 0 bridgehead atoms. The molecule has 1 aliphatic heterocycles. The average Bonchev–Trinajstić information content (AvgIpc) is 3.15. The summed E-state index contributed by atoms with van der Waals surface area (Å²) >= 11 is 1.44. The maximum Gasteiger partial charge on any atom is 0.231 e. The number of ketones is 2. The highest BCUT2D eigenvalue weighted by Gasteiger charge is 2.32. The smallest absolute Gasteiger partial charge is 0.231 e. The predicted molar refractivity (Wildman–Crippen MR) is 71.0 cm³/mol. The fourth-order valence-corrected chi connectivity index (χ4v) is 2.92. The van der Waals surface area contributed by atoms with Crippen LogP contribution in [0.2, 0.25) is 0 Å². The normalized spacial score (nSPS) is 16.5. The fraction of sp³-hybridized carbons (Fsp3) is 0.429. The fourth-order valence-electron chi connectivity index (χ4n) is 2.17. The summed E-state index contributed by atoms with van der Waals surface area (Å²) in [5, 5.41) is 0. The van der Waals surface area contributed by atoms with Crippen molar-refractivity contribution >= 4 is 23.3 Å². The monoisotopic (exact) mass is 278 g/mol. The summed E-state index contributed by atoms with van der Waals surface area (Å²) in [7, 11) is 0. The summed E-state index contributed by atoms with van der Waals surface area (Å²) in [5.41, 5.74) is 0.561. The zero-order valence-corrected chi connectivity index (χ0v) is 11.4. The van der Waals surface area contributed by atoms with Gasteiger partial charge in [0.25, 0.3) is 0 Å². The number of carbonyl (C=O) groups is 2. The Morgan fingerprint density at radius 1 is 1.32 bits per heavy atom. The highest BCUT2D eigenvalue weighted by Crippen LogP contribution is 2.43. The van der Waals surface area contributed by atoms with E-state index in [1.165, 1.54) is 11.8 Å². The lowest BCUT2D eigenvalue weighted by molar-refractivity contribution is -0.119. The second-order valence-corrected chi connectivity index (χ2v) is 5.54. The van der Waals surface area contributed by atoms with E-state index in [1.807, 2.05) is 6.26 Å². The lowest BCUT2D eigenvalue weighted by Gasteiger charge is -2.09. The Morgan fingerprint density at radius 2 is 2.11 bits per heavy atom. The van der Waals surface area contributed by atoms with Crippen LogP contribution in [0.15, 0.2) is 17.0 Å². The maximum absolute atomic E-state index is 12.2. The Labute approximate surface area is 115 Å². The van der Waals surface area contributed by atoms with E-state index in [0.717, 1.165) is 17.7 Å². The van der Waals surface area contributed by atoms with Gasteiger partial charge in [0.1, 0.15) is 5.78 Å². The summed E-state index contributed by atoms with van der Waals surface area (Å²) in [4.78, 5) is 24.7. The number of rotatable bonds is 5. The molecule has 0 unspecified atom stereocenters. The van der Waals surface area contributed by atoms with E-state index in [9.17, 15) is 9.59 Å². The van der Waals surface area contributed by atoms with Crippen molar-refractivity contribution in [2.45, 2.75) is 24.2 Å². The minimum Gasteiger partial charge on any atom is -0.454 e. The minimum atomic E-state index is -0.125. The number of carbonyl (C=O) groups excluding carboxylic acids is 2. The van der Waals surface area contributed by atoms with Gasteiger partial charge in [0.05, 0.1) is 11.3 Å². The zero-order chi connectivity index (χ0) is 13.4. The van der Waals surface area contributed by atoms with Gasteiger partial charge < -0.3 is 9.47 Å². The van der Waals surface area contributed by atoms with Crippen LogP contribution in [0.4, 0.5) is 0 Å². The van der Waals surface area contributed by atoms with E-state index in [4.69, 9.17) is 9.47 Å². The number of benzene rings is 1. The van der Waals surface area contributed by atoms with Crippen molar-refractivity contribution in [1.29, 1.82) is 0 Å². The molecule has 0 aromatic heterocycles. The third-order valence-electron chi connectivity index (χ3n) is 3.37. The number of hydrogen-bond donors (Lipinski definition) is 0. The molecule has 19 heavy (non-hydrogen) atoms. The molecule has 1 aromatic rings. The van der Waals surface area contributed by atoms with E-state index >= 15 is 0 Å². The van der Waals surface area contributed by atoms with Gasteiger partial charge in [-0.25, -0.2) is 0 Å². The molecule has 0 N–H and O–H groups in total. The summed E-state index contributed by atoms with van der Waals surface area (Å²) in [6.45, 7) is 0.182. The zero-order valence-electron chi connectivity index (χ0n) is 10.6. The summed E-state index contributed by atoms with van der Waals surface area (Å²) in [6.07, 6.45) is 3.75. The van der Waals surface area contributed by atoms with Gasteiger partial charge in [0, 0.05) is 11.5 Å². The molecular formula is C14H14O4S. The third kappa shape index (κ3) is 2.34. The van der Waals surface area contributed by atoms with Gasteiger partial charge in [-0.2, -0.15) is 0 Å². The molecule has 2 aliphatic rings. The van der Waals surface area contributed by atoms with Crippen LogP contribution >= 0.6 is 11.8 Å². The van der Waals surface area contributed by atoms with Crippen LogP contribution in [0.3, 0.4) is 0 Å². The second-order valence-electron chi connectivity index (χ2n) is 4.72. The minimum absolute atomic E-state index is 0.00211. The summed E-state index contributed by atoms with van der Waals surface area (Å²) < 4.78 is 10.7. The molecule has 5 heteroatoms. The molecule has 1 saturated carbocycles. The molecule has 4 nitrogen and oxygen atoms in total. The van der Waals surface area contributed by atoms with E-state index in [1.54, 1.807) is 12.1 Å². The quantitative estimate of drug-likeness (QED) is 0.471. The Balaban J connectivity index is 1.87. The van der Waals surface area contributed by atoms with E-state index in [0.29, 0.717) is 17.1 Å². The van der Waals surface area contributed by atoms with E-state index < -0.39 is 0 Å². The van der Waals surface area contributed by atoms with Gasteiger partial charge >= 0.3 is 0 Å². The van der Waals surface area contributed by atoms with Crippen molar-refractivity contribution < 1.29 is 19.1 Å². The number of thioether (sulfide) groups is 1. The lowest BCUT2D eigenvalue weighted by atomic mass is 10.0. The highest BCUT2D eigenvalue weighted by atomic mass is 32.2. The van der Waals surface area contributed by atoms with Gasteiger partial charge in [0.15, 0.2) is 17.3 Å². The SMILES string of the molecule is CSc1c(C(=O)CC(=O)C2CC2)ccc2c1OCO2. The number of Topliss-reactive ketones (excluding diaryl/α,β-unsaturated/α-hetero) is 2. The molecule has 1 aliphatic carbocycles. The summed E-state index contributed by atoms with van der Waals surface area (Å²) in [6, 6.07) is 3.46. The predicted octanol–water partition coefficient (Wildman–Crippen LogP) is 2.69. The summed E-state index contributed by atoms with van der Waals surface area (Å²) in [5.74, 6) is 1.34. The van der Waals surface area contributed by atoms with Gasteiger partial charge in [-0.15, -0.1) is 11.8 Å². The first-order valence-electron chi connectivity index (χ1n) is 6.23. The first-order chi connectivity index (χ1) is 9.20. The molecule has 100 valence electrons. The first-order valence-corrected chi connectivity index (χ1v) is 7.45. The van der Waals surface area contributed by atoms with E-state index in [2.05, 4.69) is 0 Å². The molecule has 1 fully saturated rings. The van der Waals surface area contributed by atoms with Crippen LogP contribution < -0.4 is 9.47 Å². The number of hydrogen-bond acceptors (Lipinski definition) is 5. The molecular weight excluding hydrogens is 264 g/mol. The molecule has 0 radical (unpaired) electrons. The second kappa shape index (κ2) is 4.89. The molecule has 1 heterocycles. The molecule has 0 spiro atoms. The molecule has 0 atom stereocenters. The Hall–Kier alpha value is -1.49. The van der Waals surface area contributed by atoms with Crippen molar-refractivity contribution in [3.8, 4) is 11.5 Å². The van der Waals surface area contributed by atoms with Crippen molar-refractivity contribution in [2.75, 3.05) is 13.0 Å². The van der Waals surface area contributed by atoms with Gasteiger partial charge in [0.2, 0.25) is 6.79 Å². The van der Waals surface area contributed by atoms with Crippen molar-refractivity contribution in [1.82, 2.24) is 0 Å². The van der Waals surface area contributed by atoms with Crippen LogP contribution in [-0.4, -0.2) is 24.6 Å². The van der Waals surface area contributed by atoms with Crippen LogP contribution in [0.1, 0.15) is 29.6 Å². The Kier molecular flexibility index (Phi) is 3.22. The maximum atomic E-state index is 12.2. The van der Waals surface area contributed by atoms with E-state index in [-0.39, 0.29) is 30.7 Å². The van der Waals surface area contributed by atoms with Gasteiger partial charge in [-0.1, -0.05) is 0 Å². The Bertz CT molecular complexity index is 549. The molecule has 0 amide bonds. The standard InChI is InChI=1S/C14H14O4S/c1-19-14-9(4-5-12-13(14)18-7-17-12)11(16)6-10(15)8-2-3-8/h4-5,8H,2-3,6-7H2,1H3. The van der Waals surface area contributed by atoms with Crippen LogP contribution in [-0.2, 0) is 4.79 Å². The van der Waals surface area contributed by atoms with Crippen molar-refractivity contribution in [3.05, 3.63) is 17.7 Å². The van der Waals surface area contributed by atoms with Crippen LogP contribution in [0, 0.1) is 5.92 Å². The van der Waals surface area contributed by atoms with Crippen LogP contribution in [0.5, 0.6) is 11.5 Å². The molecule has 0 saturated heterocycles. The number of ether oxygens (including phenoxy) is 2. The van der Waals surface area contributed by atoms with Gasteiger partial charge in [-0.3, -0.25) is 9.59 Å². The average molecular weight is 278 g/mol. The number of fused-ring (bicyclic) bond motifs is 1. The van der Waals surface area contributed by atoms with Crippen molar-refractivity contribution in [2.24, 2.45) is 5.92 Å².